The van der Waals surface area contributed by atoms with Gasteiger partial charge in [0.2, 0.25) is 0 Å². The molecule has 2 aromatic heterocycles. The quantitative estimate of drug-likeness (QED) is 0.761. The first-order valence-corrected chi connectivity index (χ1v) is 6.40. The van der Waals surface area contributed by atoms with Crippen LogP contribution in [0.15, 0.2) is 42.6 Å². The predicted octanol–water partition coefficient (Wildman–Crippen LogP) is 3.12. The minimum atomic E-state index is 0.715. The molecule has 0 radical (unpaired) electrons. The van der Waals surface area contributed by atoms with Gasteiger partial charge in [0.25, 0.3) is 0 Å². The van der Waals surface area contributed by atoms with Crippen LogP contribution in [0.5, 0.6) is 0 Å². The fourth-order valence-electron chi connectivity index (χ4n) is 2.10. The third kappa shape index (κ3) is 2.38. The van der Waals surface area contributed by atoms with E-state index in [1.54, 1.807) is 6.20 Å². The number of hydrogen-bond acceptors (Lipinski definition) is 5. The zero-order valence-corrected chi connectivity index (χ0v) is 11.4. The molecule has 2 N–H and O–H groups in total. The van der Waals surface area contributed by atoms with Crippen molar-refractivity contribution in [3.63, 3.8) is 0 Å². The van der Waals surface area contributed by atoms with E-state index in [0.29, 0.717) is 5.82 Å². The van der Waals surface area contributed by atoms with Crippen molar-refractivity contribution < 1.29 is 0 Å². The normalized spacial score (nSPS) is 10.5. The molecule has 100 valence electrons. The molecular formula is C15H15N5. The van der Waals surface area contributed by atoms with E-state index in [4.69, 9.17) is 0 Å². The van der Waals surface area contributed by atoms with Crippen molar-refractivity contribution in [3.8, 4) is 0 Å². The van der Waals surface area contributed by atoms with Crippen LogP contribution < -0.4 is 10.6 Å². The van der Waals surface area contributed by atoms with Crippen LogP contribution in [0.1, 0.15) is 5.82 Å². The molecular weight excluding hydrogens is 250 g/mol. The second-order valence-electron chi connectivity index (χ2n) is 4.44. The van der Waals surface area contributed by atoms with Crippen LogP contribution in [0.25, 0.3) is 10.9 Å². The van der Waals surface area contributed by atoms with E-state index in [1.165, 1.54) is 0 Å². The lowest BCUT2D eigenvalue weighted by molar-refractivity contribution is 1.06. The minimum absolute atomic E-state index is 0.715. The average Bonchev–Trinajstić information content (AvgIpc) is 2.47. The van der Waals surface area contributed by atoms with Gasteiger partial charge in [0.05, 0.1) is 11.2 Å². The van der Waals surface area contributed by atoms with Crippen molar-refractivity contribution in [3.05, 3.63) is 48.4 Å². The summed E-state index contributed by atoms with van der Waals surface area (Å²) in [6, 6.07) is 11.9. The Labute approximate surface area is 117 Å². The maximum atomic E-state index is 4.42. The molecule has 3 aromatic rings. The summed E-state index contributed by atoms with van der Waals surface area (Å²) in [5, 5.41) is 7.43. The number of nitrogens with one attached hydrogen (secondary N) is 2. The topological polar surface area (TPSA) is 62.7 Å². The smallest absolute Gasteiger partial charge is 0.136 e. The number of pyridine rings is 1. The Bertz CT molecular complexity index is 749. The second-order valence-corrected chi connectivity index (χ2v) is 4.44. The summed E-state index contributed by atoms with van der Waals surface area (Å²) in [6.45, 7) is 1.87. The molecule has 0 bridgehead atoms. The Hall–Kier alpha value is -2.69. The summed E-state index contributed by atoms with van der Waals surface area (Å²) in [5.74, 6) is 2.25. The Morgan fingerprint density at radius 1 is 1.00 bits per heavy atom. The van der Waals surface area contributed by atoms with Crippen molar-refractivity contribution in [2.24, 2.45) is 0 Å². The first-order chi connectivity index (χ1) is 9.76. The Morgan fingerprint density at radius 2 is 1.80 bits per heavy atom. The van der Waals surface area contributed by atoms with E-state index in [-0.39, 0.29) is 0 Å². The van der Waals surface area contributed by atoms with Gasteiger partial charge < -0.3 is 10.6 Å². The molecule has 0 aliphatic heterocycles. The molecule has 0 unspecified atom stereocenters. The SMILES string of the molecule is CNc1cc(Nc2cccc3cccnc23)nc(C)n1. The molecule has 0 amide bonds. The number of rotatable bonds is 3. The maximum absolute atomic E-state index is 4.42. The van der Waals surface area contributed by atoms with Gasteiger partial charge in [-0.3, -0.25) is 4.98 Å². The van der Waals surface area contributed by atoms with Crippen molar-refractivity contribution in [1.29, 1.82) is 0 Å². The average molecular weight is 265 g/mol. The van der Waals surface area contributed by atoms with Gasteiger partial charge in [-0.1, -0.05) is 18.2 Å². The molecule has 0 aliphatic carbocycles. The lowest BCUT2D eigenvalue weighted by Crippen LogP contribution is -2.01. The van der Waals surface area contributed by atoms with E-state index in [2.05, 4.69) is 25.6 Å². The second kappa shape index (κ2) is 5.13. The van der Waals surface area contributed by atoms with Crippen LogP contribution in [0.3, 0.4) is 0 Å². The molecule has 0 atom stereocenters. The third-order valence-corrected chi connectivity index (χ3v) is 2.99. The standard InChI is InChI=1S/C15H15N5/c1-10-18-13(16-2)9-14(19-10)20-12-7-3-5-11-6-4-8-17-15(11)12/h3-9H,1-2H3,(H2,16,18,19,20). The number of aromatic nitrogens is 3. The highest BCUT2D eigenvalue weighted by Crippen LogP contribution is 2.24. The summed E-state index contributed by atoms with van der Waals surface area (Å²) >= 11 is 0. The number of anilines is 3. The van der Waals surface area contributed by atoms with Crippen molar-refractivity contribution in [2.75, 3.05) is 17.7 Å². The van der Waals surface area contributed by atoms with Gasteiger partial charge in [-0.2, -0.15) is 0 Å². The summed E-state index contributed by atoms with van der Waals surface area (Å²) in [4.78, 5) is 13.1. The number of fused-ring (bicyclic) bond motifs is 1. The van der Waals surface area contributed by atoms with Crippen LogP contribution >= 0.6 is 0 Å². The zero-order chi connectivity index (χ0) is 13.9. The lowest BCUT2D eigenvalue weighted by atomic mass is 10.2. The zero-order valence-electron chi connectivity index (χ0n) is 11.4. The molecule has 0 saturated heterocycles. The largest absolute Gasteiger partial charge is 0.373 e. The highest BCUT2D eigenvalue weighted by molar-refractivity contribution is 5.91. The molecule has 5 nitrogen and oxygen atoms in total. The summed E-state index contributed by atoms with van der Waals surface area (Å²) < 4.78 is 0. The first-order valence-electron chi connectivity index (χ1n) is 6.40. The summed E-state index contributed by atoms with van der Waals surface area (Å²) in [7, 11) is 1.84. The maximum Gasteiger partial charge on any atom is 0.136 e. The van der Waals surface area contributed by atoms with Crippen LogP contribution in [0.2, 0.25) is 0 Å². The van der Waals surface area contributed by atoms with Gasteiger partial charge in [-0.05, 0) is 19.1 Å². The molecule has 2 heterocycles. The number of hydrogen-bond donors (Lipinski definition) is 2. The van der Waals surface area contributed by atoms with E-state index in [1.807, 2.05) is 50.4 Å². The molecule has 0 saturated carbocycles. The molecule has 3 rings (SSSR count). The highest BCUT2D eigenvalue weighted by atomic mass is 15.1. The number of nitrogens with zero attached hydrogens (tertiary/aromatic N) is 3. The monoisotopic (exact) mass is 265 g/mol. The van der Waals surface area contributed by atoms with Crippen LogP contribution in [0, 0.1) is 6.92 Å². The summed E-state index contributed by atoms with van der Waals surface area (Å²) in [6.07, 6.45) is 1.79. The van der Waals surface area contributed by atoms with Crippen LogP contribution in [0.4, 0.5) is 17.3 Å². The van der Waals surface area contributed by atoms with Gasteiger partial charge in [-0.15, -0.1) is 0 Å². The van der Waals surface area contributed by atoms with Gasteiger partial charge >= 0.3 is 0 Å². The Balaban J connectivity index is 2.03. The summed E-state index contributed by atoms with van der Waals surface area (Å²) in [5.41, 5.74) is 1.86. The Kier molecular flexibility index (Phi) is 3.16. The molecule has 0 aliphatic rings. The molecule has 20 heavy (non-hydrogen) atoms. The Morgan fingerprint density at radius 3 is 2.65 bits per heavy atom. The molecule has 1 aromatic carbocycles. The highest BCUT2D eigenvalue weighted by Gasteiger charge is 2.05. The molecule has 5 heteroatoms. The van der Waals surface area contributed by atoms with Gasteiger partial charge in [0.1, 0.15) is 17.5 Å². The van der Waals surface area contributed by atoms with Gasteiger partial charge in [-0.25, -0.2) is 9.97 Å². The van der Waals surface area contributed by atoms with E-state index in [0.717, 1.165) is 28.2 Å². The van der Waals surface area contributed by atoms with Gasteiger partial charge in [0, 0.05) is 24.7 Å². The van der Waals surface area contributed by atoms with Crippen molar-refractivity contribution in [1.82, 2.24) is 15.0 Å². The van der Waals surface area contributed by atoms with E-state index in [9.17, 15) is 0 Å². The lowest BCUT2D eigenvalue weighted by Gasteiger charge is -2.10. The third-order valence-electron chi connectivity index (χ3n) is 2.99. The number of para-hydroxylation sites is 1. The van der Waals surface area contributed by atoms with Crippen LogP contribution in [-0.4, -0.2) is 22.0 Å². The van der Waals surface area contributed by atoms with E-state index >= 15 is 0 Å². The van der Waals surface area contributed by atoms with Crippen molar-refractivity contribution in [2.45, 2.75) is 6.92 Å². The van der Waals surface area contributed by atoms with E-state index < -0.39 is 0 Å². The molecule has 0 fully saturated rings. The van der Waals surface area contributed by atoms with Crippen molar-refractivity contribution >= 4 is 28.2 Å². The fraction of sp³-hybridized carbons (Fsp3) is 0.133. The number of benzene rings is 1. The first kappa shape index (κ1) is 12.3. The number of aryl methyl sites for hydroxylation is 1. The minimum Gasteiger partial charge on any atom is -0.373 e. The predicted molar refractivity (Wildman–Crippen MR) is 81.3 cm³/mol. The fourth-order valence-corrected chi connectivity index (χ4v) is 2.10. The van der Waals surface area contributed by atoms with Gasteiger partial charge in [0.15, 0.2) is 0 Å². The van der Waals surface area contributed by atoms with Crippen LogP contribution in [-0.2, 0) is 0 Å². The molecule has 0 spiro atoms.